The van der Waals surface area contributed by atoms with E-state index in [-0.39, 0.29) is 17.0 Å². The quantitative estimate of drug-likeness (QED) is 0.471. The van der Waals surface area contributed by atoms with Crippen LogP contribution in [0.1, 0.15) is 17.3 Å². The van der Waals surface area contributed by atoms with Gasteiger partial charge in [-0.1, -0.05) is 0 Å². The van der Waals surface area contributed by atoms with Gasteiger partial charge in [0.15, 0.2) is 11.9 Å². The number of nitro benzene ring substituents is 1. The van der Waals surface area contributed by atoms with Crippen molar-refractivity contribution in [3.63, 3.8) is 0 Å². The van der Waals surface area contributed by atoms with Gasteiger partial charge in [-0.2, -0.15) is 0 Å². The van der Waals surface area contributed by atoms with E-state index < -0.39 is 17.0 Å². The summed E-state index contributed by atoms with van der Waals surface area (Å²) >= 11 is 0. The monoisotopic (exact) mass is 239 g/mol. The lowest BCUT2D eigenvalue weighted by Gasteiger charge is -2.10. The molecule has 1 rings (SSSR count). The van der Waals surface area contributed by atoms with Crippen LogP contribution in [0.3, 0.4) is 0 Å². The molecule has 7 nitrogen and oxygen atoms in total. The predicted octanol–water partition coefficient (Wildman–Crippen LogP) is 1.26. The van der Waals surface area contributed by atoms with E-state index in [2.05, 4.69) is 0 Å². The summed E-state index contributed by atoms with van der Waals surface area (Å²) in [4.78, 5) is 31.0. The minimum atomic E-state index is -1.25. The Labute approximate surface area is 95.8 Å². The number of rotatable bonds is 5. The molecule has 90 valence electrons. The van der Waals surface area contributed by atoms with E-state index in [0.29, 0.717) is 6.29 Å². The van der Waals surface area contributed by atoms with E-state index in [0.717, 1.165) is 12.1 Å². The second-order valence-electron chi connectivity index (χ2n) is 3.20. The minimum Gasteiger partial charge on any atom is -0.479 e. The summed E-state index contributed by atoms with van der Waals surface area (Å²) in [5.74, 6) is -1.50. The van der Waals surface area contributed by atoms with E-state index in [1.807, 2.05) is 0 Å². The van der Waals surface area contributed by atoms with E-state index in [1.54, 1.807) is 0 Å². The van der Waals surface area contributed by atoms with Gasteiger partial charge in [-0.05, 0) is 19.1 Å². The molecule has 0 saturated carbocycles. The highest BCUT2D eigenvalue weighted by molar-refractivity contribution is 5.77. The van der Waals surface area contributed by atoms with Gasteiger partial charge in [0, 0.05) is 11.6 Å². The standard InChI is InChI=1S/C10H9NO6/c1-6(10(13)14)17-9-4-7(5-12)2-3-8(9)11(15)16/h2-6H,1H3,(H,13,14). The van der Waals surface area contributed by atoms with Crippen LogP contribution in [0.15, 0.2) is 18.2 Å². The Morgan fingerprint density at radius 1 is 1.59 bits per heavy atom. The summed E-state index contributed by atoms with van der Waals surface area (Å²) in [5.41, 5.74) is -0.216. The van der Waals surface area contributed by atoms with Gasteiger partial charge in [-0.25, -0.2) is 4.79 Å². The third kappa shape index (κ3) is 3.00. The molecule has 0 aliphatic heterocycles. The van der Waals surface area contributed by atoms with Crippen LogP contribution in [0.25, 0.3) is 0 Å². The molecule has 0 bridgehead atoms. The molecular formula is C10H9NO6. The molecule has 1 N–H and O–H groups in total. The molecule has 1 aromatic carbocycles. The van der Waals surface area contributed by atoms with Gasteiger partial charge in [0.05, 0.1) is 4.92 Å². The van der Waals surface area contributed by atoms with Gasteiger partial charge >= 0.3 is 11.7 Å². The molecule has 0 heterocycles. The fourth-order valence-corrected chi connectivity index (χ4v) is 1.09. The van der Waals surface area contributed by atoms with Gasteiger partial charge in [-0.15, -0.1) is 0 Å². The number of aliphatic carboxylic acids is 1. The molecule has 0 aliphatic rings. The van der Waals surface area contributed by atoms with Crippen molar-refractivity contribution < 1.29 is 24.4 Å². The van der Waals surface area contributed by atoms with Crippen LogP contribution in [-0.4, -0.2) is 28.4 Å². The Morgan fingerprint density at radius 3 is 2.71 bits per heavy atom. The number of carbonyl (C=O) groups excluding carboxylic acids is 1. The zero-order valence-electron chi connectivity index (χ0n) is 8.82. The summed E-state index contributed by atoms with van der Waals surface area (Å²) < 4.78 is 4.91. The van der Waals surface area contributed by atoms with Gasteiger partial charge in [0.25, 0.3) is 0 Å². The maximum Gasteiger partial charge on any atom is 0.344 e. The number of ether oxygens (including phenoxy) is 1. The first kappa shape index (κ1) is 12.6. The average Bonchev–Trinajstić information content (AvgIpc) is 2.28. The molecule has 0 radical (unpaired) electrons. The summed E-state index contributed by atoms with van der Waals surface area (Å²) in [6.45, 7) is 1.24. The highest BCUT2D eigenvalue weighted by Gasteiger charge is 2.20. The van der Waals surface area contributed by atoms with Crippen molar-refractivity contribution >= 4 is 17.9 Å². The molecule has 0 aliphatic carbocycles. The lowest BCUT2D eigenvalue weighted by molar-refractivity contribution is -0.386. The fraction of sp³-hybridized carbons (Fsp3) is 0.200. The lowest BCUT2D eigenvalue weighted by Crippen LogP contribution is -2.23. The maximum atomic E-state index is 10.7. The van der Waals surface area contributed by atoms with Gasteiger partial charge < -0.3 is 9.84 Å². The number of carboxylic acids is 1. The number of hydrogen-bond acceptors (Lipinski definition) is 5. The number of aldehydes is 1. The molecule has 0 fully saturated rings. The third-order valence-electron chi connectivity index (χ3n) is 1.97. The molecule has 0 amide bonds. The predicted molar refractivity (Wildman–Crippen MR) is 56.2 cm³/mol. The largest absolute Gasteiger partial charge is 0.479 e. The number of carbonyl (C=O) groups is 2. The van der Waals surface area contributed by atoms with Gasteiger partial charge in [0.2, 0.25) is 0 Å². The van der Waals surface area contributed by atoms with Crippen LogP contribution in [0, 0.1) is 10.1 Å². The van der Waals surface area contributed by atoms with Crippen molar-refractivity contribution in [2.24, 2.45) is 0 Å². The summed E-state index contributed by atoms with van der Waals surface area (Å²) in [5, 5.41) is 19.3. The molecule has 7 heteroatoms. The third-order valence-corrected chi connectivity index (χ3v) is 1.97. The molecule has 0 spiro atoms. The number of benzene rings is 1. The summed E-state index contributed by atoms with van der Waals surface area (Å²) in [6.07, 6.45) is -0.752. The molecule has 0 saturated heterocycles. The second-order valence-corrected chi connectivity index (χ2v) is 3.20. The molecule has 1 unspecified atom stereocenters. The zero-order chi connectivity index (χ0) is 13.0. The van der Waals surface area contributed by atoms with Gasteiger partial charge in [0.1, 0.15) is 6.29 Å². The van der Waals surface area contributed by atoms with Crippen molar-refractivity contribution in [2.45, 2.75) is 13.0 Å². The molecule has 0 aromatic heterocycles. The van der Waals surface area contributed by atoms with Crippen LogP contribution >= 0.6 is 0 Å². The Morgan fingerprint density at radius 2 is 2.24 bits per heavy atom. The van der Waals surface area contributed by atoms with Crippen molar-refractivity contribution in [1.29, 1.82) is 0 Å². The Balaban J connectivity index is 3.13. The Hall–Kier alpha value is -2.44. The minimum absolute atomic E-state index is 0.170. The molecule has 1 aromatic rings. The number of carboxylic acid groups (broad SMARTS) is 1. The van der Waals surface area contributed by atoms with Crippen LogP contribution in [0.5, 0.6) is 5.75 Å². The second kappa shape index (κ2) is 5.06. The molecular weight excluding hydrogens is 230 g/mol. The van der Waals surface area contributed by atoms with Gasteiger partial charge in [-0.3, -0.25) is 14.9 Å². The smallest absolute Gasteiger partial charge is 0.344 e. The van der Waals surface area contributed by atoms with Crippen molar-refractivity contribution in [2.75, 3.05) is 0 Å². The highest BCUT2D eigenvalue weighted by atomic mass is 16.6. The topological polar surface area (TPSA) is 107 Å². The normalized spacial score (nSPS) is 11.6. The summed E-state index contributed by atoms with van der Waals surface area (Å²) in [7, 11) is 0. The van der Waals surface area contributed by atoms with E-state index in [9.17, 15) is 19.7 Å². The van der Waals surface area contributed by atoms with Crippen LogP contribution in [0.2, 0.25) is 0 Å². The Bertz CT molecular complexity index is 470. The number of nitro groups is 1. The van der Waals surface area contributed by atoms with Crippen LogP contribution < -0.4 is 4.74 Å². The van der Waals surface area contributed by atoms with Crippen molar-refractivity contribution in [1.82, 2.24) is 0 Å². The first-order valence-corrected chi connectivity index (χ1v) is 4.58. The lowest BCUT2D eigenvalue weighted by atomic mass is 10.2. The summed E-state index contributed by atoms with van der Waals surface area (Å²) in [6, 6.07) is 3.47. The fourth-order valence-electron chi connectivity index (χ4n) is 1.09. The van der Waals surface area contributed by atoms with Crippen LogP contribution in [-0.2, 0) is 4.79 Å². The number of nitrogens with zero attached hydrogens (tertiary/aromatic N) is 1. The number of hydrogen-bond donors (Lipinski definition) is 1. The van der Waals surface area contributed by atoms with Crippen molar-refractivity contribution in [3.05, 3.63) is 33.9 Å². The van der Waals surface area contributed by atoms with Crippen molar-refractivity contribution in [3.8, 4) is 5.75 Å². The van der Waals surface area contributed by atoms with E-state index >= 15 is 0 Å². The Kier molecular flexibility index (Phi) is 3.76. The zero-order valence-corrected chi connectivity index (χ0v) is 8.82. The van der Waals surface area contributed by atoms with E-state index in [4.69, 9.17) is 9.84 Å². The highest BCUT2D eigenvalue weighted by Crippen LogP contribution is 2.28. The first-order chi connectivity index (χ1) is 7.95. The average molecular weight is 239 g/mol. The maximum absolute atomic E-state index is 10.7. The molecule has 1 atom stereocenters. The van der Waals surface area contributed by atoms with E-state index in [1.165, 1.54) is 13.0 Å². The SMILES string of the molecule is CC(Oc1cc(C=O)ccc1[N+](=O)[O-])C(=O)O. The first-order valence-electron chi connectivity index (χ1n) is 4.58. The van der Waals surface area contributed by atoms with Crippen LogP contribution in [0.4, 0.5) is 5.69 Å². The molecule has 17 heavy (non-hydrogen) atoms.